The second-order valence-electron chi connectivity index (χ2n) is 3.15. The van der Waals surface area contributed by atoms with E-state index in [4.69, 9.17) is 9.47 Å². The summed E-state index contributed by atoms with van der Waals surface area (Å²) in [6, 6.07) is 0.190. The smallest absolute Gasteiger partial charge is 0.261 e. The van der Waals surface area contributed by atoms with E-state index < -0.39 is 13.0 Å². The Morgan fingerprint density at radius 1 is 1.29 bits per heavy atom. The van der Waals surface area contributed by atoms with Gasteiger partial charge < -0.3 is 14.8 Å². The highest BCUT2D eigenvalue weighted by Crippen LogP contribution is 1.95. The van der Waals surface area contributed by atoms with Crippen molar-refractivity contribution in [2.45, 2.75) is 32.4 Å². The number of ether oxygens (including phenoxy) is 2. The molecule has 0 aliphatic heterocycles. The van der Waals surface area contributed by atoms with Crippen LogP contribution in [0, 0.1) is 0 Å². The largest absolute Gasteiger partial charge is 0.380 e. The Balaban J connectivity index is 3.27. The van der Waals surface area contributed by atoms with Gasteiger partial charge in [0, 0.05) is 19.7 Å². The lowest BCUT2D eigenvalue weighted by Crippen LogP contribution is -2.38. The third-order valence-electron chi connectivity index (χ3n) is 2.03. The third kappa shape index (κ3) is 7.17. The van der Waals surface area contributed by atoms with E-state index in [0.717, 1.165) is 0 Å². The molecule has 2 unspecified atom stereocenters. The van der Waals surface area contributed by atoms with Gasteiger partial charge in [0.2, 0.25) is 0 Å². The first-order valence-corrected chi connectivity index (χ1v) is 4.70. The summed E-state index contributed by atoms with van der Waals surface area (Å²) in [7, 11) is 1.64. The van der Waals surface area contributed by atoms with Crippen LogP contribution in [0.4, 0.5) is 8.78 Å². The molecule has 3 nitrogen and oxygen atoms in total. The highest BCUT2D eigenvalue weighted by molar-refractivity contribution is 4.67. The molecule has 0 rings (SSSR count). The van der Waals surface area contributed by atoms with E-state index in [1.165, 1.54) is 0 Å². The Morgan fingerprint density at radius 3 is 2.43 bits per heavy atom. The zero-order valence-corrected chi connectivity index (χ0v) is 8.93. The molecule has 0 aliphatic carbocycles. The van der Waals surface area contributed by atoms with Gasteiger partial charge in [0.05, 0.1) is 12.7 Å². The Kier molecular flexibility index (Phi) is 7.93. The highest BCUT2D eigenvalue weighted by Gasteiger charge is 2.09. The van der Waals surface area contributed by atoms with Crippen LogP contribution in [-0.2, 0) is 9.47 Å². The van der Waals surface area contributed by atoms with Gasteiger partial charge in [-0.3, -0.25) is 0 Å². The molecule has 0 spiro atoms. The van der Waals surface area contributed by atoms with Crippen molar-refractivity contribution >= 4 is 0 Å². The second kappa shape index (κ2) is 8.08. The van der Waals surface area contributed by atoms with Crippen molar-refractivity contribution in [1.29, 1.82) is 0 Å². The fraction of sp³-hybridized carbons (Fsp3) is 1.00. The molecular weight excluding hydrogens is 192 g/mol. The van der Waals surface area contributed by atoms with Crippen molar-refractivity contribution in [2.24, 2.45) is 0 Å². The third-order valence-corrected chi connectivity index (χ3v) is 2.03. The van der Waals surface area contributed by atoms with E-state index in [1.54, 1.807) is 7.11 Å². The summed E-state index contributed by atoms with van der Waals surface area (Å²) in [5.41, 5.74) is 0. The molecule has 0 saturated carbocycles. The summed E-state index contributed by atoms with van der Waals surface area (Å²) < 4.78 is 33.1. The Morgan fingerprint density at radius 2 is 1.93 bits per heavy atom. The van der Waals surface area contributed by atoms with Gasteiger partial charge in [-0.2, -0.15) is 0 Å². The van der Waals surface area contributed by atoms with Gasteiger partial charge >= 0.3 is 0 Å². The monoisotopic (exact) mass is 211 g/mol. The lowest BCUT2D eigenvalue weighted by Gasteiger charge is -2.19. The van der Waals surface area contributed by atoms with Gasteiger partial charge in [0.25, 0.3) is 6.43 Å². The minimum Gasteiger partial charge on any atom is -0.380 e. The molecule has 0 radical (unpaired) electrons. The quantitative estimate of drug-likeness (QED) is 0.613. The minimum atomic E-state index is -2.38. The van der Waals surface area contributed by atoms with Crippen LogP contribution < -0.4 is 5.32 Å². The molecule has 0 amide bonds. The van der Waals surface area contributed by atoms with E-state index in [0.29, 0.717) is 13.2 Å². The van der Waals surface area contributed by atoms with Crippen LogP contribution in [0.2, 0.25) is 0 Å². The highest BCUT2D eigenvalue weighted by atomic mass is 19.3. The maximum Gasteiger partial charge on any atom is 0.261 e. The normalized spacial score (nSPS) is 15.9. The summed E-state index contributed by atoms with van der Waals surface area (Å²) in [4.78, 5) is 0. The average Bonchev–Trinajstić information content (AvgIpc) is 2.15. The predicted octanol–water partition coefficient (Wildman–Crippen LogP) is 1.28. The maximum atomic E-state index is 11.6. The molecule has 0 saturated heterocycles. The molecule has 86 valence electrons. The van der Waals surface area contributed by atoms with E-state index in [2.05, 4.69) is 5.32 Å². The van der Waals surface area contributed by atoms with E-state index >= 15 is 0 Å². The van der Waals surface area contributed by atoms with E-state index in [1.807, 2.05) is 13.8 Å². The van der Waals surface area contributed by atoms with Crippen LogP contribution in [0.5, 0.6) is 0 Å². The standard InChI is InChI=1S/C9H19F2NO2/c1-7(8(2)13-3)12-4-5-14-6-9(10)11/h7-9,12H,4-6H2,1-3H3. The second-order valence-corrected chi connectivity index (χ2v) is 3.15. The number of nitrogens with one attached hydrogen (secondary N) is 1. The topological polar surface area (TPSA) is 30.5 Å². The van der Waals surface area contributed by atoms with Crippen molar-refractivity contribution in [3.63, 3.8) is 0 Å². The van der Waals surface area contributed by atoms with Crippen LogP contribution in [0.1, 0.15) is 13.8 Å². The van der Waals surface area contributed by atoms with Crippen LogP contribution in [0.3, 0.4) is 0 Å². The molecule has 2 atom stereocenters. The van der Waals surface area contributed by atoms with Gasteiger partial charge in [-0.15, -0.1) is 0 Å². The van der Waals surface area contributed by atoms with Crippen LogP contribution >= 0.6 is 0 Å². The van der Waals surface area contributed by atoms with Gasteiger partial charge in [-0.25, -0.2) is 8.78 Å². The molecule has 0 aromatic heterocycles. The Labute approximate surface area is 83.8 Å². The average molecular weight is 211 g/mol. The first-order chi connectivity index (χ1) is 6.57. The summed E-state index contributed by atoms with van der Waals surface area (Å²) in [6.45, 7) is 4.28. The number of rotatable bonds is 8. The summed E-state index contributed by atoms with van der Waals surface area (Å²) >= 11 is 0. The molecular formula is C9H19F2NO2. The SMILES string of the molecule is COC(C)C(C)NCCOCC(F)F. The summed E-state index contributed by atoms with van der Waals surface area (Å²) in [5, 5.41) is 3.11. The van der Waals surface area contributed by atoms with Crippen molar-refractivity contribution in [2.75, 3.05) is 26.9 Å². The number of methoxy groups -OCH3 is 1. The summed E-state index contributed by atoms with van der Waals surface area (Å²) in [6.07, 6.45) is -2.28. The van der Waals surface area contributed by atoms with E-state index in [9.17, 15) is 8.78 Å². The number of hydrogen-bond donors (Lipinski definition) is 1. The molecule has 0 bridgehead atoms. The fourth-order valence-corrected chi connectivity index (χ4v) is 0.901. The maximum absolute atomic E-state index is 11.6. The molecule has 0 heterocycles. The zero-order valence-electron chi connectivity index (χ0n) is 8.93. The molecule has 14 heavy (non-hydrogen) atoms. The predicted molar refractivity (Wildman–Crippen MR) is 50.8 cm³/mol. The van der Waals surface area contributed by atoms with Crippen molar-refractivity contribution in [3.8, 4) is 0 Å². The van der Waals surface area contributed by atoms with Gasteiger partial charge in [0.1, 0.15) is 6.61 Å². The van der Waals surface area contributed by atoms with Gasteiger partial charge in [-0.05, 0) is 13.8 Å². The van der Waals surface area contributed by atoms with Crippen molar-refractivity contribution in [3.05, 3.63) is 0 Å². The molecule has 0 aromatic carbocycles. The van der Waals surface area contributed by atoms with Crippen molar-refractivity contribution in [1.82, 2.24) is 5.32 Å². The first kappa shape index (κ1) is 13.7. The zero-order chi connectivity index (χ0) is 11.0. The Hall–Kier alpha value is -0.260. The molecule has 5 heteroatoms. The fourth-order valence-electron chi connectivity index (χ4n) is 0.901. The number of hydrogen-bond acceptors (Lipinski definition) is 3. The lowest BCUT2D eigenvalue weighted by atomic mass is 10.2. The summed E-state index contributed by atoms with van der Waals surface area (Å²) in [5.74, 6) is 0. The molecule has 1 N–H and O–H groups in total. The van der Waals surface area contributed by atoms with Crippen LogP contribution in [0.15, 0.2) is 0 Å². The first-order valence-electron chi connectivity index (χ1n) is 4.70. The molecule has 0 aliphatic rings. The molecule has 0 aromatic rings. The number of halogens is 2. The molecule has 0 fully saturated rings. The van der Waals surface area contributed by atoms with Gasteiger partial charge in [-0.1, -0.05) is 0 Å². The van der Waals surface area contributed by atoms with E-state index in [-0.39, 0.29) is 12.1 Å². The Bertz CT molecular complexity index is 136. The minimum absolute atomic E-state index is 0.102. The van der Waals surface area contributed by atoms with Gasteiger partial charge in [0.15, 0.2) is 0 Å². The van der Waals surface area contributed by atoms with Crippen LogP contribution in [0.25, 0.3) is 0 Å². The van der Waals surface area contributed by atoms with Crippen LogP contribution in [-0.4, -0.2) is 45.4 Å². The number of alkyl halides is 2. The lowest BCUT2D eigenvalue weighted by molar-refractivity contribution is 0.0161. The van der Waals surface area contributed by atoms with Crippen molar-refractivity contribution < 1.29 is 18.3 Å².